The van der Waals surface area contributed by atoms with Gasteiger partial charge < -0.3 is 10.8 Å². The second kappa shape index (κ2) is 5.17. The minimum Gasteiger partial charge on any atom is -0.382 e. The van der Waals surface area contributed by atoms with Crippen LogP contribution >= 0.6 is 0 Å². The van der Waals surface area contributed by atoms with Gasteiger partial charge in [-0.25, -0.2) is 13.1 Å². The number of fused-ring (bicyclic) bond motifs is 1. The summed E-state index contributed by atoms with van der Waals surface area (Å²) in [6.07, 6.45) is -1.58. The SMILES string of the molecule is NC(=O)C(O)CNS(=O)(=O)c1cccc2c1N=S=N2. The Morgan fingerprint density at radius 1 is 1.47 bits per heavy atom. The quantitative estimate of drug-likeness (QED) is 0.688. The highest BCUT2D eigenvalue weighted by Crippen LogP contribution is 2.37. The predicted octanol–water partition coefficient (Wildman–Crippen LogP) is -0.463. The van der Waals surface area contributed by atoms with Crippen LogP contribution in [-0.2, 0) is 26.2 Å². The molecule has 8 nitrogen and oxygen atoms in total. The van der Waals surface area contributed by atoms with Crippen molar-refractivity contribution in [1.29, 1.82) is 0 Å². The third-order valence-electron chi connectivity index (χ3n) is 2.33. The van der Waals surface area contributed by atoms with Gasteiger partial charge in [0.1, 0.15) is 22.4 Å². The van der Waals surface area contributed by atoms with Crippen molar-refractivity contribution < 1.29 is 18.3 Å². The molecule has 1 unspecified atom stereocenters. The highest BCUT2D eigenvalue weighted by atomic mass is 32.2. The summed E-state index contributed by atoms with van der Waals surface area (Å²) >= 11 is 0.897. The van der Waals surface area contributed by atoms with E-state index in [1.165, 1.54) is 12.1 Å². The molecule has 10 heteroatoms. The maximum atomic E-state index is 12.0. The average molecular weight is 302 g/mol. The summed E-state index contributed by atoms with van der Waals surface area (Å²) in [4.78, 5) is 10.6. The van der Waals surface area contributed by atoms with Crippen LogP contribution in [0.1, 0.15) is 0 Å². The van der Waals surface area contributed by atoms with Crippen molar-refractivity contribution in [1.82, 2.24) is 4.72 Å². The number of nitrogens with two attached hydrogens (primary N) is 1. The number of sulfonamides is 1. The maximum absolute atomic E-state index is 12.0. The van der Waals surface area contributed by atoms with Crippen LogP contribution in [0.2, 0.25) is 0 Å². The lowest BCUT2D eigenvalue weighted by Gasteiger charge is -2.10. The molecule has 0 bridgehead atoms. The molecule has 1 atom stereocenters. The number of amides is 1. The van der Waals surface area contributed by atoms with E-state index in [1.54, 1.807) is 6.07 Å². The summed E-state index contributed by atoms with van der Waals surface area (Å²) < 4.78 is 34.0. The van der Waals surface area contributed by atoms with Crippen LogP contribution in [0.4, 0.5) is 11.4 Å². The molecule has 1 aromatic carbocycles. The summed E-state index contributed by atoms with van der Waals surface area (Å²) in [5, 5.41) is 9.18. The number of aliphatic hydroxyl groups is 1. The van der Waals surface area contributed by atoms with Gasteiger partial charge >= 0.3 is 0 Å². The zero-order chi connectivity index (χ0) is 14.0. The molecule has 0 aliphatic carbocycles. The number of hydrogen-bond donors (Lipinski definition) is 3. The molecule has 1 aliphatic rings. The number of primary amides is 1. The average Bonchev–Trinajstić information content (AvgIpc) is 2.83. The fourth-order valence-electron chi connectivity index (χ4n) is 1.37. The Morgan fingerprint density at radius 3 is 2.89 bits per heavy atom. The topological polar surface area (TPSA) is 134 Å². The van der Waals surface area contributed by atoms with Gasteiger partial charge in [0.15, 0.2) is 0 Å². The molecule has 1 aliphatic heterocycles. The number of nitrogens with one attached hydrogen (secondary N) is 1. The van der Waals surface area contributed by atoms with Crippen LogP contribution in [0.15, 0.2) is 31.8 Å². The summed E-state index contributed by atoms with van der Waals surface area (Å²) in [6, 6.07) is 4.53. The van der Waals surface area contributed by atoms with E-state index in [1.807, 2.05) is 0 Å². The minimum absolute atomic E-state index is 0.0598. The van der Waals surface area contributed by atoms with Crippen molar-refractivity contribution in [2.24, 2.45) is 14.5 Å². The third-order valence-corrected chi connectivity index (χ3v) is 4.33. The zero-order valence-corrected chi connectivity index (χ0v) is 11.1. The smallest absolute Gasteiger partial charge is 0.247 e. The van der Waals surface area contributed by atoms with E-state index in [-0.39, 0.29) is 10.6 Å². The predicted molar refractivity (Wildman–Crippen MR) is 68.4 cm³/mol. The number of rotatable bonds is 5. The molecule has 0 saturated carbocycles. The van der Waals surface area contributed by atoms with E-state index >= 15 is 0 Å². The summed E-state index contributed by atoms with van der Waals surface area (Å²) in [6.45, 7) is -0.494. The van der Waals surface area contributed by atoms with Crippen molar-refractivity contribution in [3.63, 3.8) is 0 Å². The first-order valence-corrected chi connectivity index (χ1v) is 7.31. The number of aliphatic hydroxyl groups excluding tert-OH is 1. The highest BCUT2D eigenvalue weighted by molar-refractivity contribution is 7.89. The molecule has 1 aromatic rings. The van der Waals surface area contributed by atoms with E-state index in [0.29, 0.717) is 5.69 Å². The van der Waals surface area contributed by atoms with Crippen molar-refractivity contribution >= 4 is 38.7 Å². The van der Waals surface area contributed by atoms with Gasteiger partial charge in [0, 0.05) is 6.54 Å². The van der Waals surface area contributed by atoms with Crippen molar-refractivity contribution in [3.8, 4) is 0 Å². The van der Waals surface area contributed by atoms with Crippen LogP contribution in [-0.4, -0.2) is 32.1 Å². The van der Waals surface area contributed by atoms with Crippen LogP contribution in [0.3, 0.4) is 0 Å². The van der Waals surface area contributed by atoms with Crippen molar-refractivity contribution in [2.75, 3.05) is 6.54 Å². The molecular formula is C9H10N4O4S2. The van der Waals surface area contributed by atoms with Gasteiger partial charge in [-0.1, -0.05) is 6.07 Å². The Balaban J connectivity index is 2.25. The second-order valence-electron chi connectivity index (χ2n) is 3.66. The molecular weight excluding hydrogens is 292 g/mol. The van der Waals surface area contributed by atoms with Gasteiger partial charge in [0.05, 0.1) is 11.4 Å². The lowest BCUT2D eigenvalue weighted by molar-refractivity contribution is -0.125. The van der Waals surface area contributed by atoms with Gasteiger partial charge in [-0.2, -0.15) is 8.73 Å². The van der Waals surface area contributed by atoms with E-state index in [4.69, 9.17) is 5.73 Å². The van der Waals surface area contributed by atoms with E-state index in [9.17, 15) is 18.3 Å². The largest absolute Gasteiger partial charge is 0.382 e. The number of nitrogens with zero attached hydrogens (tertiary/aromatic N) is 2. The molecule has 19 heavy (non-hydrogen) atoms. The number of carbonyl (C=O) groups is 1. The minimum atomic E-state index is -3.90. The monoisotopic (exact) mass is 302 g/mol. The van der Waals surface area contributed by atoms with Crippen molar-refractivity contribution in [2.45, 2.75) is 11.0 Å². The fourth-order valence-corrected chi connectivity index (χ4v) is 3.17. The molecule has 1 heterocycles. The molecule has 102 valence electrons. The highest BCUT2D eigenvalue weighted by Gasteiger charge is 2.23. The first kappa shape index (κ1) is 13.8. The Morgan fingerprint density at radius 2 is 2.21 bits per heavy atom. The standard InChI is InChI=1S/C9H10N4O4S2/c10-9(15)6(14)4-11-19(16,17)7-3-1-2-5-8(7)13-18-12-5/h1-3,6,11,14H,4H2,(H2,10,15). The normalized spacial score (nSPS) is 14.8. The Hall–Kier alpha value is -1.62. The first-order chi connectivity index (χ1) is 8.92. The van der Waals surface area contributed by atoms with Crippen molar-refractivity contribution in [3.05, 3.63) is 18.2 Å². The van der Waals surface area contributed by atoms with E-state index < -0.39 is 28.6 Å². The van der Waals surface area contributed by atoms with E-state index in [2.05, 4.69) is 13.4 Å². The zero-order valence-electron chi connectivity index (χ0n) is 9.48. The van der Waals surface area contributed by atoms with Crippen LogP contribution in [0, 0.1) is 0 Å². The molecule has 4 N–H and O–H groups in total. The molecule has 0 aromatic heterocycles. The van der Waals surface area contributed by atoms with Gasteiger partial charge in [-0.05, 0) is 12.1 Å². The third kappa shape index (κ3) is 2.87. The number of carbonyl (C=O) groups excluding carboxylic acids is 1. The van der Waals surface area contributed by atoms with Gasteiger partial charge in [-0.3, -0.25) is 4.79 Å². The Labute approximate surface area is 112 Å². The summed E-state index contributed by atoms with van der Waals surface area (Å²) in [7, 11) is -3.90. The summed E-state index contributed by atoms with van der Waals surface area (Å²) in [5.41, 5.74) is 5.54. The van der Waals surface area contributed by atoms with Crippen LogP contribution < -0.4 is 10.5 Å². The first-order valence-electron chi connectivity index (χ1n) is 5.10. The number of benzene rings is 1. The van der Waals surface area contributed by atoms with E-state index in [0.717, 1.165) is 11.4 Å². The molecule has 0 saturated heterocycles. The van der Waals surface area contributed by atoms with Gasteiger partial charge in [0.2, 0.25) is 15.9 Å². The lowest BCUT2D eigenvalue weighted by Crippen LogP contribution is -2.39. The lowest BCUT2D eigenvalue weighted by atomic mass is 10.3. The van der Waals surface area contributed by atoms with Gasteiger partial charge in [0.25, 0.3) is 0 Å². The second-order valence-corrected chi connectivity index (χ2v) is 5.92. The Kier molecular flexibility index (Phi) is 3.75. The Bertz CT molecular complexity index is 694. The molecule has 0 spiro atoms. The molecule has 1 amide bonds. The van der Waals surface area contributed by atoms with Gasteiger partial charge in [-0.15, -0.1) is 0 Å². The molecule has 0 fully saturated rings. The summed E-state index contributed by atoms with van der Waals surface area (Å²) in [5.74, 6) is -1.00. The molecule has 2 rings (SSSR count). The molecule has 0 radical (unpaired) electrons. The number of hydrogen-bond acceptors (Lipinski definition) is 6. The maximum Gasteiger partial charge on any atom is 0.247 e. The van der Waals surface area contributed by atoms with Crippen LogP contribution in [0.25, 0.3) is 0 Å². The van der Waals surface area contributed by atoms with Crippen LogP contribution in [0.5, 0.6) is 0 Å². The fraction of sp³-hybridized carbons (Fsp3) is 0.222.